The Morgan fingerprint density at radius 1 is 1.36 bits per heavy atom. The molecule has 0 spiro atoms. The van der Waals surface area contributed by atoms with Gasteiger partial charge in [0.05, 0.1) is 24.4 Å². The molecule has 2 aromatic rings. The Hall–Kier alpha value is -2.74. The van der Waals surface area contributed by atoms with Gasteiger partial charge < -0.3 is 9.52 Å². The van der Waals surface area contributed by atoms with Crippen molar-refractivity contribution in [1.82, 2.24) is 5.43 Å². The number of hydrogen-bond donors (Lipinski definition) is 2. The van der Waals surface area contributed by atoms with Gasteiger partial charge in [0, 0.05) is 0 Å². The SMILES string of the molecule is CC(N/N=C1/SC(CC(=O)O)C(=O)N1c1ccccc1)c1ccco1. The molecule has 1 aliphatic heterocycles. The number of nitrogens with zero attached hydrogens (tertiary/aromatic N) is 2. The van der Waals surface area contributed by atoms with Crippen LogP contribution in [-0.2, 0) is 9.59 Å². The fourth-order valence-corrected chi connectivity index (χ4v) is 3.49. The molecule has 8 heteroatoms. The summed E-state index contributed by atoms with van der Waals surface area (Å²) >= 11 is 1.14. The summed E-state index contributed by atoms with van der Waals surface area (Å²) in [5, 5.41) is 13.1. The average Bonchev–Trinajstić information content (AvgIpc) is 3.22. The molecule has 2 unspecified atom stereocenters. The Morgan fingerprint density at radius 3 is 2.76 bits per heavy atom. The summed E-state index contributed by atoms with van der Waals surface area (Å²) < 4.78 is 5.32. The van der Waals surface area contributed by atoms with Crippen molar-refractivity contribution < 1.29 is 19.1 Å². The minimum absolute atomic E-state index is 0.186. The van der Waals surface area contributed by atoms with Crippen LogP contribution in [0.2, 0.25) is 0 Å². The van der Waals surface area contributed by atoms with Crippen LogP contribution in [0, 0.1) is 0 Å². The fourth-order valence-electron chi connectivity index (χ4n) is 2.40. The number of amides is 1. The molecule has 1 aromatic heterocycles. The maximum Gasteiger partial charge on any atom is 0.305 e. The second-order valence-electron chi connectivity index (χ2n) is 5.47. The molecular weight excluding hydrogens is 342 g/mol. The summed E-state index contributed by atoms with van der Waals surface area (Å²) in [5.74, 6) is -0.589. The number of benzene rings is 1. The molecule has 2 atom stereocenters. The number of carbonyl (C=O) groups is 2. The number of amidine groups is 1. The van der Waals surface area contributed by atoms with Gasteiger partial charge in [0.2, 0.25) is 5.91 Å². The third kappa shape index (κ3) is 3.85. The number of carboxylic acids is 1. The molecule has 130 valence electrons. The Morgan fingerprint density at radius 2 is 2.12 bits per heavy atom. The molecule has 7 nitrogen and oxygen atoms in total. The highest BCUT2D eigenvalue weighted by molar-refractivity contribution is 8.16. The van der Waals surface area contributed by atoms with E-state index in [1.807, 2.05) is 31.2 Å². The number of carboxylic acid groups (broad SMARTS) is 1. The Labute approximate surface area is 148 Å². The van der Waals surface area contributed by atoms with E-state index in [1.165, 1.54) is 4.90 Å². The first-order valence-corrected chi connectivity index (χ1v) is 8.58. The van der Waals surface area contributed by atoms with Crippen LogP contribution in [0.4, 0.5) is 5.69 Å². The molecule has 1 fully saturated rings. The van der Waals surface area contributed by atoms with Crippen LogP contribution in [0.1, 0.15) is 25.1 Å². The lowest BCUT2D eigenvalue weighted by Gasteiger charge is -2.17. The fraction of sp³-hybridized carbons (Fsp3) is 0.235. The predicted molar refractivity (Wildman–Crippen MR) is 95.3 cm³/mol. The number of hydrazone groups is 1. The van der Waals surface area contributed by atoms with E-state index < -0.39 is 11.2 Å². The van der Waals surface area contributed by atoms with Crippen molar-refractivity contribution in [3.8, 4) is 0 Å². The average molecular weight is 359 g/mol. The molecule has 0 bridgehead atoms. The molecular formula is C17H17N3O4S. The van der Waals surface area contributed by atoms with Crippen LogP contribution in [-0.4, -0.2) is 27.4 Å². The minimum Gasteiger partial charge on any atom is -0.481 e. The molecule has 0 aliphatic carbocycles. The van der Waals surface area contributed by atoms with Crippen LogP contribution in [0.15, 0.2) is 58.2 Å². The van der Waals surface area contributed by atoms with Crippen molar-refractivity contribution in [2.24, 2.45) is 5.10 Å². The summed E-state index contributed by atoms with van der Waals surface area (Å²) in [4.78, 5) is 25.1. The number of para-hydroxylation sites is 1. The summed E-state index contributed by atoms with van der Waals surface area (Å²) in [6.45, 7) is 1.88. The number of carbonyl (C=O) groups excluding carboxylic acids is 1. The predicted octanol–water partition coefficient (Wildman–Crippen LogP) is 2.82. The van der Waals surface area contributed by atoms with E-state index in [4.69, 9.17) is 9.52 Å². The normalized spacial score (nSPS) is 20.0. The Kier molecular flexibility index (Phi) is 5.08. The quantitative estimate of drug-likeness (QED) is 0.770. The molecule has 1 saturated heterocycles. The highest BCUT2D eigenvalue weighted by Gasteiger charge is 2.40. The maximum atomic E-state index is 12.6. The lowest BCUT2D eigenvalue weighted by Crippen LogP contribution is -2.33. The van der Waals surface area contributed by atoms with E-state index in [-0.39, 0.29) is 18.4 Å². The lowest BCUT2D eigenvalue weighted by atomic mass is 10.2. The molecule has 25 heavy (non-hydrogen) atoms. The number of hydrogen-bond acceptors (Lipinski definition) is 6. The zero-order valence-electron chi connectivity index (χ0n) is 13.5. The standard InChI is InChI=1S/C17H17N3O4S/c1-11(13-8-5-9-24-13)18-19-17-20(12-6-3-2-4-7-12)16(23)14(25-17)10-15(21)22/h2-9,11,14,18H,10H2,1H3,(H,21,22)/b19-17+. The van der Waals surface area contributed by atoms with Gasteiger partial charge in [-0.25, -0.2) is 0 Å². The van der Waals surface area contributed by atoms with Gasteiger partial charge in [0.15, 0.2) is 5.17 Å². The van der Waals surface area contributed by atoms with Crippen LogP contribution in [0.5, 0.6) is 0 Å². The van der Waals surface area contributed by atoms with E-state index in [2.05, 4.69) is 10.5 Å². The zero-order valence-corrected chi connectivity index (χ0v) is 14.3. The number of nitrogens with one attached hydrogen (secondary N) is 1. The van der Waals surface area contributed by atoms with Gasteiger partial charge in [-0.05, 0) is 31.2 Å². The number of anilines is 1. The minimum atomic E-state index is -1.02. The first-order chi connectivity index (χ1) is 12.1. The largest absolute Gasteiger partial charge is 0.481 e. The zero-order chi connectivity index (χ0) is 17.8. The molecule has 1 amide bonds. The van der Waals surface area contributed by atoms with E-state index in [0.29, 0.717) is 16.6 Å². The van der Waals surface area contributed by atoms with Gasteiger partial charge in [0.25, 0.3) is 0 Å². The summed E-state index contributed by atoms with van der Waals surface area (Å²) in [6, 6.07) is 12.5. The number of thioether (sulfide) groups is 1. The topological polar surface area (TPSA) is 95.1 Å². The first kappa shape index (κ1) is 17.1. The number of rotatable bonds is 6. The van der Waals surface area contributed by atoms with Crippen molar-refractivity contribution in [1.29, 1.82) is 0 Å². The van der Waals surface area contributed by atoms with Crippen molar-refractivity contribution in [2.75, 3.05) is 4.90 Å². The maximum absolute atomic E-state index is 12.6. The summed E-state index contributed by atoms with van der Waals surface area (Å²) in [6.07, 6.45) is 1.33. The van der Waals surface area contributed by atoms with Crippen LogP contribution >= 0.6 is 11.8 Å². The molecule has 2 heterocycles. The summed E-state index contributed by atoms with van der Waals surface area (Å²) in [7, 11) is 0. The van der Waals surface area contributed by atoms with Crippen LogP contribution in [0.25, 0.3) is 0 Å². The second-order valence-corrected chi connectivity index (χ2v) is 6.64. The third-order valence-electron chi connectivity index (χ3n) is 3.63. The second kappa shape index (κ2) is 7.43. The van der Waals surface area contributed by atoms with Gasteiger partial charge in [-0.15, -0.1) is 0 Å². The third-order valence-corrected chi connectivity index (χ3v) is 4.77. The molecule has 1 aliphatic rings. The van der Waals surface area contributed by atoms with Gasteiger partial charge in [-0.3, -0.25) is 19.9 Å². The smallest absolute Gasteiger partial charge is 0.305 e. The van der Waals surface area contributed by atoms with Crippen molar-refractivity contribution in [2.45, 2.75) is 24.6 Å². The van der Waals surface area contributed by atoms with Gasteiger partial charge in [0.1, 0.15) is 11.0 Å². The van der Waals surface area contributed by atoms with Gasteiger partial charge >= 0.3 is 5.97 Å². The highest BCUT2D eigenvalue weighted by Crippen LogP contribution is 2.33. The van der Waals surface area contributed by atoms with Crippen molar-refractivity contribution in [3.63, 3.8) is 0 Å². The molecule has 3 rings (SSSR count). The Bertz CT molecular complexity index is 776. The highest BCUT2D eigenvalue weighted by atomic mass is 32.2. The van der Waals surface area contributed by atoms with Gasteiger partial charge in [-0.1, -0.05) is 30.0 Å². The van der Waals surface area contributed by atoms with Crippen LogP contribution in [0.3, 0.4) is 0 Å². The number of aliphatic carboxylic acids is 1. The van der Waals surface area contributed by atoms with Crippen molar-refractivity contribution in [3.05, 3.63) is 54.5 Å². The Balaban J connectivity index is 1.84. The molecule has 2 N–H and O–H groups in total. The molecule has 1 aromatic carbocycles. The monoisotopic (exact) mass is 359 g/mol. The van der Waals surface area contributed by atoms with E-state index in [9.17, 15) is 9.59 Å². The van der Waals surface area contributed by atoms with E-state index in [0.717, 1.165) is 11.8 Å². The summed E-state index contributed by atoms with van der Waals surface area (Å²) in [5.41, 5.74) is 3.61. The molecule has 0 saturated carbocycles. The van der Waals surface area contributed by atoms with Gasteiger partial charge in [-0.2, -0.15) is 5.10 Å². The van der Waals surface area contributed by atoms with Crippen molar-refractivity contribution >= 4 is 34.5 Å². The van der Waals surface area contributed by atoms with E-state index in [1.54, 1.807) is 24.5 Å². The van der Waals surface area contributed by atoms with E-state index >= 15 is 0 Å². The van der Waals surface area contributed by atoms with Crippen LogP contribution < -0.4 is 10.3 Å². The first-order valence-electron chi connectivity index (χ1n) is 7.70. The lowest BCUT2D eigenvalue weighted by molar-refractivity contribution is -0.138. The number of furan rings is 1. The molecule has 0 radical (unpaired) electrons.